The van der Waals surface area contributed by atoms with Crippen molar-refractivity contribution in [2.75, 3.05) is 11.9 Å². The zero-order chi connectivity index (χ0) is 17.4. The lowest BCUT2D eigenvalue weighted by molar-refractivity contribution is 0.605. The average molecular weight is 353 g/mol. The zero-order valence-corrected chi connectivity index (χ0v) is 15.6. The van der Waals surface area contributed by atoms with Crippen molar-refractivity contribution >= 4 is 28.3 Å². The number of nitrogens with one attached hydrogen (secondary N) is 3. The summed E-state index contributed by atoms with van der Waals surface area (Å²) in [6.07, 6.45) is 3.99. The van der Waals surface area contributed by atoms with Gasteiger partial charge in [-0.15, -0.1) is 0 Å². The topological polar surface area (TPSA) is 61.9 Å². The molecule has 5 nitrogen and oxygen atoms in total. The second-order valence-corrected chi connectivity index (χ2v) is 7.69. The maximum absolute atomic E-state index is 4.84. The van der Waals surface area contributed by atoms with Gasteiger partial charge in [0.1, 0.15) is 5.50 Å². The van der Waals surface area contributed by atoms with Gasteiger partial charge < -0.3 is 10.6 Å². The molecule has 0 saturated heterocycles. The van der Waals surface area contributed by atoms with Crippen LogP contribution in [0, 0.1) is 13.8 Å². The van der Waals surface area contributed by atoms with Crippen molar-refractivity contribution in [2.24, 2.45) is 0 Å². The third-order valence-corrected chi connectivity index (χ3v) is 5.60. The fourth-order valence-electron chi connectivity index (χ4n) is 3.39. The molecule has 0 fully saturated rings. The molecule has 1 aliphatic heterocycles. The second kappa shape index (κ2) is 6.69. The van der Waals surface area contributed by atoms with Crippen molar-refractivity contribution in [1.29, 1.82) is 0 Å². The van der Waals surface area contributed by atoms with Crippen molar-refractivity contribution in [3.05, 3.63) is 52.5 Å². The van der Waals surface area contributed by atoms with Crippen molar-refractivity contribution in [3.8, 4) is 0 Å². The fourth-order valence-corrected chi connectivity index (χ4v) is 4.67. The molecule has 0 amide bonds. The largest absolute Gasteiger partial charge is 0.363 e. The molecule has 3 N–H and O–H groups in total. The third-order valence-electron chi connectivity index (χ3n) is 4.41. The predicted molar refractivity (Wildman–Crippen MR) is 105 cm³/mol. The molecule has 1 atom stereocenters. The summed E-state index contributed by atoms with van der Waals surface area (Å²) in [7, 11) is 0. The van der Waals surface area contributed by atoms with Crippen molar-refractivity contribution in [2.45, 2.75) is 39.1 Å². The van der Waals surface area contributed by atoms with E-state index in [1.165, 1.54) is 27.3 Å². The van der Waals surface area contributed by atoms with Gasteiger partial charge in [-0.05, 0) is 62.1 Å². The van der Waals surface area contributed by atoms with E-state index in [-0.39, 0.29) is 5.50 Å². The van der Waals surface area contributed by atoms with Gasteiger partial charge in [-0.1, -0.05) is 24.8 Å². The Kier molecular flexibility index (Phi) is 4.39. The molecular weight excluding hydrogens is 330 g/mol. The summed E-state index contributed by atoms with van der Waals surface area (Å²) in [6, 6.07) is 6.40. The van der Waals surface area contributed by atoms with Crippen LogP contribution in [0.3, 0.4) is 0 Å². The molecule has 0 saturated carbocycles. The van der Waals surface area contributed by atoms with Gasteiger partial charge in [0.15, 0.2) is 0 Å². The molecular formula is C19H23N5S. The van der Waals surface area contributed by atoms with Gasteiger partial charge in [0.25, 0.3) is 0 Å². The number of rotatable bonds is 4. The quantitative estimate of drug-likeness (QED) is 0.779. The predicted octanol–water partition coefficient (Wildman–Crippen LogP) is 3.68. The van der Waals surface area contributed by atoms with Gasteiger partial charge in [-0.2, -0.15) is 0 Å². The highest BCUT2D eigenvalue weighted by atomic mass is 32.2. The summed E-state index contributed by atoms with van der Waals surface area (Å²) in [4.78, 5) is 10.6. The molecule has 4 rings (SSSR count). The number of allylic oxidation sites excluding steroid dienone is 1. The van der Waals surface area contributed by atoms with Crippen LogP contribution in [-0.2, 0) is 6.42 Å². The van der Waals surface area contributed by atoms with Crippen LogP contribution in [0.4, 0.5) is 11.6 Å². The van der Waals surface area contributed by atoms with Crippen LogP contribution >= 0.6 is 11.8 Å². The van der Waals surface area contributed by atoms with Crippen LogP contribution < -0.4 is 16.0 Å². The molecule has 1 aromatic carbocycles. The normalized spacial score (nSPS) is 18.6. The lowest BCUT2D eigenvalue weighted by atomic mass is 10.0. The monoisotopic (exact) mass is 353 g/mol. The van der Waals surface area contributed by atoms with E-state index >= 15 is 0 Å². The van der Waals surface area contributed by atoms with Crippen LogP contribution in [0.1, 0.15) is 35.7 Å². The molecule has 0 spiro atoms. The van der Waals surface area contributed by atoms with Gasteiger partial charge in [0, 0.05) is 17.6 Å². The molecule has 25 heavy (non-hydrogen) atoms. The lowest BCUT2D eigenvalue weighted by Gasteiger charge is -2.17. The average Bonchev–Trinajstić information content (AvgIpc) is 2.97. The van der Waals surface area contributed by atoms with Gasteiger partial charge in [0.2, 0.25) is 5.95 Å². The molecule has 1 aromatic heterocycles. The van der Waals surface area contributed by atoms with E-state index in [4.69, 9.17) is 4.98 Å². The number of benzene rings is 1. The smallest absolute Gasteiger partial charge is 0.227 e. The van der Waals surface area contributed by atoms with E-state index in [0.717, 1.165) is 30.8 Å². The first kappa shape index (κ1) is 16.4. The molecule has 2 aliphatic rings. The van der Waals surface area contributed by atoms with Crippen LogP contribution in [0.2, 0.25) is 0 Å². The first-order valence-corrected chi connectivity index (χ1v) is 9.61. The van der Waals surface area contributed by atoms with Crippen molar-refractivity contribution < 1.29 is 0 Å². The molecule has 2 heterocycles. The second-order valence-electron chi connectivity index (χ2n) is 6.58. The zero-order valence-electron chi connectivity index (χ0n) is 14.8. The molecule has 1 aliphatic carbocycles. The van der Waals surface area contributed by atoms with Gasteiger partial charge in [-0.3, -0.25) is 5.32 Å². The van der Waals surface area contributed by atoms with Crippen LogP contribution in [0.5, 0.6) is 0 Å². The molecule has 130 valence electrons. The summed E-state index contributed by atoms with van der Waals surface area (Å²) >= 11 is 1.82. The van der Waals surface area contributed by atoms with Crippen LogP contribution in [0.15, 0.2) is 30.1 Å². The fraction of sp³-hybridized carbons (Fsp3) is 0.368. The lowest BCUT2D eigenvalue weighted by Crippen LogP contribution is -2.35. The van der Waals surface area contributed by atoms with E-state index in [0.29, 0.717) is 5.95 Å². The van der Waals surface area contributed by atoms with E-state index in [9.17, 15) is 0 Å². The van der Waals surface area contributed by atoms with E-state index in [1.54, 1.807) is 0 Å². The van der Waals surface area contributed by atoms with E-state index in [1.807, 2.05) is 18.0 Å². The number of fused-ring (bicyclic) bond motifs is 2. The number of aryl methyl sites for hydroxylation is 3. The highest BCUT2D eigenvalue weighted by Crippen LogP contribution is 2.42. The molecule has 1 unspecified atom stereocenters. The first-order valence-electron chi connectivity index (χ1n) is 8.73. The van der Waals surface area contributed by atoms with Crippen LogP contribution in [0.25, 0.3) is 4.91 Å². The number of hydrogen-bond acceptors (Lipinski definition) is 6. The number of nitrogens with zero attached hydrogens (tertiary/aromatic N) is 2. The van der Waals surface area contributed by atoms with Crippen LogP contribution in [-0.4, -0.2) is 22.0 Å². The molecule has 0 radical (unpaired) electrons. The number of aromatic nitrogens is 2. The minimum Gasteiger partial charge on any atom is -0.363 e. The molecule has 6 heteroatoms. The summed E-state index contributed by atoms with van der Waals surface area (Å²) in [5.74, 6) is 0.657. The summed E-state index contributed by atoms with van der Waals surface area (Å²) in [6.45, 7) is 7.28. The Morgan fingerprint density at radius 3 is 2.76 bits per heavy atom. The van der Waals surface area contributed by atoms with E-state index < -0.39 is 0 Å². The minimum absolute atomic E-state index is 0.242. The Bertz CT molecular complexity index is 825. The highest BCUT2D eigenvalue weighted by Gasteiger charge is 2.30. The maximum atomic E-state index is 4.84. The SMILES string of the molecule is CCNC1NC2=C(S1)c1nc(Nc3cc(C)cc(C)c3)ncc1CC2. The maximum Gasteiger partial charge on any atom is 0.227 e. The van der Waals surface area contributed by atoms with Crippen molar-refractivity contribution in [1.82, 2.24) is 20.6 Å². The van der Waals surface area contributed by atoms with Gasteiger partial charge in [0.05, 0.1) is 10.6 Å². The summed E-state index contributed by atoms with van der Waals surface area (Å²) in [5.41, 5.74) is 7.35. The molecule has 2 aromatic rings. The number of thioether (sulfide) groups is 1. The molecule has 0 bridgehead atoms. The number of hydrogen-bond donors (Lipinski definition) is 3. The van der Waals surface area contributed by atoms with Gasteiger partial charge >= 0.3 is 0 Å². The number of anilines is 2. The standard InChI is InChI=1S/C19H23N5S/c1-4-20-19-23-15-6-5-13-10-21-18(24-16(13)17(15)25-19)22-14-8-11(2)7-12(3)9-14/h7-10,19-20,23H,4-6H2,1-3H3,(H,21,22,24). The Balaban J connectivity index is 1.62. The Morgan fingerprint density at radius 2 is 2.00 bits per heavy atom. The Labute approximate surface area is 152 Å². The minimum atomic E-state index is 0.242. The Hall–Kier alpha value is -2.05. The summed E-state index contributed by atoms with van der Waals surface area (Å²) in [5, 5.41) is 10.4. The third kappa shape index (κ3) is 3.37. The Morgan fingerprint density at radius 1 is 1.20 bits per heavy atom. The van der Waals surface area contributed by atoms with Crippen molar-refractivity contribution in [3.63, 3.8) is 0 Å². The highest BCUT2D eigenvalue weighted by molar-refractivity contribution is 8.09. The van der Waals surface area contributed by atoms with Gasteiger partial charge in [-0.25, -0.2) is 9.97 Å². The summed E-state index contributed by atoms with van der Waals surface area (Å²) < 4.78 is 0. The first-order chi connectivity index (χ1) is 12.1. The van der Waals surface area contributed by atoms with E-state index in [2.05, 4.69) is 59.9 Å².